The molecule has 0 radical (unpaired) electrons. The highest BCUT2D eigenvalue weighted by Crippen LogP contribution is 2.37. The van der Waals surface area contributed by atoms with Crippen molar-refractivity contribution in [2.75, 3.05) is 0 Å². The number of nitrogens with zero attached hydrogens (tertiary/aromatic N) is 1. The van der Waals surface area contributed by atoms with Crippen molar-refractivity contribution in [3.63, 3.8) is 0 Å². The fourth-order valence-electron chi connectivity index (χ4n) is 1.16. The number of rotatable bonds is 2. The standard InChI is InChI=1S/C9H5BrF3NOS2/c10-4-1-5(16-3-4)7(15)6-2-14-8(17-6)9(11,12)13/h1-3,7,15H. The zero-order chi connectivity index (χ0) is 12.6. The van der Waals surface area contributed by atoms with Crippen LogP contribution in [0.3, 0.4) is 0 Å². The molecule has 1 atom stereocenters. The van der Waals surface area contributed by atoms with Crippen LogP contribution in [0.25, 0.3) is 0 Å². The van der Waals surface area contributed by atoms with Gasteiger partial charge in [0, 0.05) is 20.9 Å². The fraction of sp³-hybridized carbons (Fsp3) is 0.222. The molecule has 2 nitrogen and oxygen atoms in total. The summed E-state index contributed by atoms with van der Waals surface area (Å²) >= 11 is 4.94. The Morgan fingerprint density at radius 1 is 1.35 bits per heavy atom. The molecule has 2 aromatic heterocycles. The molecule has 0 saturated carbocycles. The van der Waals surface area contributed by atoms with Gasteiger partial charge >= 0.3 is 6.18 Å². The number of thiazole rings is 1. The summed E-state index contributed by atoms with van der Waals surface area (Å²) in [5.74, 6) is 0. The van der Waals surface area contributed by atoms with E-state index in [-0.39, 0.29) is 4.88 Å². The molecule has 2 heterocycles. The minimum absolute atomic E-state index is 0.187. The van der Waals surface area contributed by atoms with Crippen LogP contribution in [0.1, 0.15) is 20.9 Å². The summed E-state index contributed by atoms with van der Waals surface area (Å²) in [5.41, 5.74) is 0. The summed E-state index contributed by atoms with van der Waals surface area (Å²) in [6, 6.07) is 1.67. The Hall–Kier alpha value is -0.440. The van der Waals surface area contributed by atoms with Crippen molar-refractivity contribution >= 4 is 38.6 Å². The van der Waals surface area contributed by atoms with Gasteiger partial charge in [0.05, 0.1) is 4.88 Å². The normalized spacial score (nSPS) is 13.9. The van der Waals surface area contributed by atoms with Gasteiger partial charge in [0.2, 0.25) is 0 Å². The third-order valence-electron chi connectivity index (χ3n) is 1.89. The Bertz CT molecular complexity index is 522. The minimum Gasteiger partial charge on any atom is -0.382 e. The molecule has 2 rings (SSSR count). The maximum absolute atomic E-state index is 12.3. The lowest BCUT2D eigenvalue weighted by Crippen LogP contribution is -2.03. The first-order chi connectivity index (χ1) is 7.88. The van der Waals surface area contributed by atoms with E-state index >= 15 is 0 Å². The SMILES string of the molecule is OC(c1cc(Br)cs1)c1cnc(C(F)(F)F)s1. The molecule has 0 aliphatic carbocycles. The van der Waals surface area contributed by atoms with E-state index in [4.69, 9.17) is 0 Å². The van der Waals surface area contributed by atoms with E-state index in [2.05, 4.69) is 20.9 Å². The number of aliphatic hydroxyl groups is 1. The van der Waals surface area contributed by atoms with Crippen LogP contribution < -0.4 is 0 Å². The van der Waals surface area contributed by atoms with E-state index in [1.807, 2.05) is 0 Å². The van der Waals surface area contributed by atoms with Crippen LogP contribution in [0.4, 0.5) is 13.2 Å². The van der Waals surface area contributed by atoms with Crippen LogP contribution in [-0.4, -0.2) is 10.1 Å². The average Bonchev–Trinajstić information content (AvgIpc) is 2.83. The Balaban J connectivity index is 2.26. The van der Waals surface area contributed by atoms with Gasteiger partial charge in [0.15, 0.2) is 5.01 Å². The molecule has 0 amide bonds. The first kappa shape index (κ1) is 13.0. The lowest BCUT2D eigenvalue weighted by atomic mass is 10.3. The zero-order valence-corrected chi connectivity index (χ0v) is 11.3. The first-order valence-corrected chi connectivity index (χ1v) is 6.82. The Morgan fingerprint density at radius 3 is 2.53 bits per heavy atom. The van der Waals surface area contributed by atoms with Crippen molar-refractivity contribution in [2.45, 2.75) is 12.3 Å². The summed E-state index contributed by atoms with van der Waals surface area (Å²) in [4.78, 5) is 4.03. The van der Waals surface area contributed by atoms with Crippen LogP contribution >= 0.6 is 38.6 Å². The molecule has 1 unspecified atom stereocenters. The molecule has 1 N–H and O–H groups in total. The number of halogens is 4. The van der Waals surface area contributed by atoms with Crippen LogP contribution in [0.2, 0.25) is 0 Å². The van der Waals surface area contributed by atoms with E-state index in [1.54, 1.807) is 11.4 Å². The number of aliphatic hydroxyl groups excluding tert-OH is 1. The summed E-state index contributed by atoms with van der Waals surface area (Å²) in [6.45, 7) is 0. The smallest absolute Gasteiger partial charge is 0.382 e. The Morgan fingerprint density at radius 2 is 2.06 bits per heavy atom. The van der Waals surface area contributed by atoms with Crippen LogP contribution in [0.5, 0.6) is 0 Å². The number of hydrogen-bond donors (Lipinski definition) is 1. The predicted molar refractivity (Wildman–Crippen MR) is 63.2 cm³/mol. The fourth-order valence-corrected chi connectivity index (χ4v) is 3.47. The molecule has 8 heteroatoms. The van der Waals surface area contributed by atoms with Crippen molar-refractivity contribution in [1.82, 2.24) is 4.98 Å². The second-order valence-corrected chi connectivity index (χ2v) is 6.06. The van der Waals surface area contributed by atoms with Crippen molar-refractivity contribution < 1.29 is 18.3 Å². The van der Waals surface area contributed by atoms with Crippen molar-refractivity contribution in [3.05, 3.63) is 36.9 Å². The molecule has 0 fully saturated rings. The van der Waals surface area contributed by atoms with E-state index in [0.29, 0.717) is 16.2 Å². The van der Waals surface area contributed by atoms with E-state index in [0.717, 1.165) is 10.7 Å². The van der Waals surface area contributed by atoms with Gasteiger partial charge in [-0.25, -0.2) is 4.98 Å². The molecule has 0 spiro atoms. The maximum atomic E-state index is 12.3. The quantitative estimate of drug-likeness (QED) is 0.891. The summed E-state index contributed by atoms with van der Waals surface area (Å²) in [5, 5.41) is 10.7. The van der Waals surface area contributed by atoms with E-state index < -0.39 is 17.3 Å². The second-order valence-electron chi connectivity index (χ2n) is 3.14. The molecule has 92 valence electrons. The number of aromatic nitrogens is 1. The molecule has 0 aliphatic rings. The van der Waals surface area contributed by atoms with Gasteiger partial charge in [-0.05, 0) is 22.0 Å². The molecule has 0 saturated heterocycles. The van der Waals surface area contributed by atoms with Gasteiger partial charge in [-0.2, -0.15) is 13.2 Å². The third kappa shape index (κ3) is 2.87. The Kier molecular flexibility index (Phi) is 3.58. The second kappa shape index (κ2) is 4.68. The van der Waals surface area contributed by atoms with Crippen molar-refractivity contribution in [2.24, 2.45) is 0 Å². The Labute approximate surface area is 111 Å². The predicted octanol–water partition coefficient (Wildman–Crippen LogP) is 4.07. The summed E-state index contributed by atoms with van der Waals surface area (Å²) in [6.07, 6.45) is -4.45. The number of alkyl halides is 3. The molecule has 0 aliphatic heterocycles. The van der Waals surface area contributed by atoms with E-state index in [1.165, 1.54) is 11.3 Å². The molecular weight excluding hydrogens is 339 g/mol. The molecule has 0 aromatic carbocycles. The van der Waals surface area contributed by atoms with Crippen molar-refractivity contribution in [3.8, 4) is 0 Å². The lowest BCUT2D eigenvalue weighted by Gasteiger charge is -2.04. The van der Waals surface area contributed by atoms with Crippen LogP contribution in [-0.2, 0) is 6.18 Å². The van der Waals surface area contributed by atoms with Crippen molar-refractivity contribution in [1.29, 1.82) is 0 Å². The molecule has 0 bridgehead atoms. The first-order valence-electron chi connectivity index (χ1n) is 4.33. The van der Waals surface area contributed by atoms with Gasteiger partial charge < -0.3 is 5.11 Å². The van der Waals surface area contributed by atoms with Crippen LogP contribution in [0, 0.1) is 0 Å². The zero-order valence-electron chi connectivity index (χ0n) is 8.03. The highest BCUT2D eigenvalue weighted by molar-refractivity contribution is 9.10. The van der Waals surface area contributed by atoms with Gasteiger partial charge in [-0.3, -0.25) is 0 Å². The van der Waals surface area contributed by atoms with E-state index in [9.17, 15) is 18.3 Å². The van der Waals surface area contributed by atoms with Gasteiger partial charge in [0.1, 0.15) is 6.10 Å². The molecular formula is C9H5BrF3NOS2. The third-order valence-corrected chi connectivity index (χ3v) is 4.73. The van der Waals surface area contributed by atoms with Gasteiger partial charge in [-0.1, -0.05) is 0 Å². The lowest BCUT2D eigenvalue weighted by molar-refractivity contribution is -0.137. The maximum Gasteiger partial charge on any atom is 0.443 e. The van der Waals surface area contributed by atoms with Gasteiger partial charge in [0.25, 0.3) is 0 Å². The topological polar surface area (TPSA) is 33.1 Å². The monoisotopic (exact) mass is 343 g/mol. The molecule has 17 heavy (non-hydrogen) atoms. The minimum atomic E-state index is -4.46. The largest absolute Gasteiger partial charge is 0.443 e. The van der Waals surface area contributed by atoms with Crippen LogP contribution in [0.15, 0.2) is 22.1 Å². The average molecular weight is 344 g/mol. The number of hydrogen-bond acceptors (Lipinski definition) is 4. The molecule has 2 aromatic rings. The highest BCUT2D eigenvalue weighted by atomic mass is 79.9. The highest BCUT2D eigenvalue weighted by Gasteiger charge is 2.35. The number of thiophene rings is 1. The summed E-state index contributed by atoms with van der Waals surface area (Å²) in [7, 11) is 0. The summed E-state index contributed by atoms with van der Waals surface area (Å²) < 4.78 is 37.8. The van der Waals surface area contributed by atoms with Gasteiger partial charge in [-0.15, -0.1) is 22.7 Å².